The van der Waals surface area contributed by atoms with Crippen molar-refractivity contribution in [2.45, 2.75) is 0 Å². The largest absolute Gasteiger partial charge is 0.411 e. The highest BCUT2D eigenvalue weighted by Crippen LogP contribution is 2.04. The highest BCUT2D eigenvalue weighted by Gasteiger charge is 1.86. The minimum absolute atomic E-state index is 0.905. The molecule has 0 saturated heterocycles. The van der Waals surface area contributed by atoms with Crippen LogP contribution in [-0.4, -0.2) is 11.4 Å². The minimum atomic E-state index is 0.905. The summed E-state index contributed by atoms with van der Waals surface area (Å²) in [5.74, 6) is 0. The number of oxime groups is 1. The van der Waals surface area contributed by atoms with Crippen LogP contribution in [-0.2, 0) is 0 Å². The molecule has 0 radical (unpaired) electrons. The van der Waals surface area contributed by atoms with Gasteiger partial charge < -0.3 is 5.21 Å². The van der Waals surface area contributed by atoms with E-state index in [2.05, 4.69) is 27.7 Å². The fourth-order valence-corrected chi connectivity index (χ4v) is 0.975. The summed E-state index contributed by atoms with van der Waals surface area (Å²) in [7, 11) is 0. The number of hydrogen-bond acceptors (Lipinski definition) is 2. The molecule has 3 heteroatoms. The van der Waals surface area contributed by atoms with Gasteiger partial charge in [0, 0.05) is 3.57 Å². The quantitative estimate of drug-likeness (QED) is 0.350. The van der Waals surface area contributed by atoms with Crippen LogP contribution in [0.15, 0.2) is 29.4 Å². The summed E-state index contributed by atoms with van der Waals surface area (Å²) < 4.78 is 1.17. The van der Waals surface area contributed by atoms with Crippen LogP contribution in [0.25, 0.3) is 0 Å². The Morgan fingerprint density at radius 3 is 2.40 bits per heavy atom. The van der Waals surface area contributed by atoms with Gasteiger partial charge in [0.25, 0.3) is 0 Å². The van der Waals surface area contributed by atoms with Crippen molar-refractivity contribution in [1.29, 1.82) is 0 Å². The van der Waals surface area contributed by atoms with E-state index in [0.29, 0.717) is 0 Å². The second kappa shape index (κ2) is 3.55. The number of halogens is 1. The van der Waals surface area contributed by atoms with Crippen molar-refractivity contribution in [3.05, 3.63) is 33.4 Å². The average Bonchev–Trinajstić information content (AvgIpc) is 1.95. The van der Waals surface area contributed by atoms with E-state index < -0.39 is 0 Å². The SMILES string of the molecule is O/N=C\c1ccc(I)cc1. The maximum Gasteiger partial charge on any atom is 0.0733 e. The molecule has 1 rings (SSSR count). The molecule has 0 aromatic heterocycles. The van der Waals surface area contributed by atoms with E-state index in [1.165, 1.54) is 9.78 Å². The van der Waals surface area contributed by atoms with Crippen molar-refractivity contribution in [3.8, 4) is 0 Å². The van der Waals surface area contributed by atoms with Crippen LogP contribution in [0.2, 0.25) is 0 Å². The van der Waals surface area contributed by atoms with Crippen molar-refractivity contribution in [2.24, 2.45) is 5.16 Å². The second-order valence-electron chi connectivity index (χ2n) is 1.80. The van der Waals surface area contributed by atoms with Gasteiger partial charge in [-0.3, -0.25) is 0 Å². The summed E-state index contributed by atoms with van der Waals surface area (Å²) in [6.45, 7) is 0. The molecule has 0 aliphatic heterocycles. The first-order chi connectivity index (χ1) is 4.83. The summed E-state index contributed by atoms with van der Waals surface area (Å²) >= 11 is 2.22. The summed E-state index contributed by atoms with van der Waals surface area (Å²) in [6.07, 6.45) is 1.40. The number of hydrogen-bond donors (Lipinski definition) is 1. The van der Waals surface area contributed by atoms with Crippen LogP contribution in [0.3, 0.4) is 0 Å². The van der Waals surface area contributed by atoms with Crippen LogP contribution in [0.5, 0.6) is 0 Å². The highest BCUT2D eigenvalue weighted by molar-refractivity contribution is 14.1. The summed E-state index contributed by atoms with van der Waals surface area (Å²) in [6, 6.07) is 7.69. The van der Waals surface area contributed by atoms with Gasteiger partial charge in [0.1, 0.15) is 0 Å². The van der Waals surface area contributed by atoms with Crippen LogP contribution in [0, 0.1) is 3.57 Å². The molecule has 0 heterocycles. The molecule has 0 aliphatic rings. The van der Waals surface area contributed by atoms with Gasteiger partial charge in [-0.1, -0.05) is 17.3 Å². The average molecular weight is 247 g/mol. The number of rotatable bonds is 1. The molecule has 52 valence electrons. The zero-order valence-electron chi connectivity index (χ0n) is 5.16. The van der Waals surface area contributed by atoms with E-state index in [9.17, 15) is 0 Å². The predicted molar refractivity (Wildman–Crippen MR) is 48.5 cm³/mol. The molecule has 0 bridgehead atoms. The summed E-state index contributed by atoms with van der Waals surface area (Å²) in [4.78, 5) is 0. The number of nitrogens with zero attached hydrogens (tertiary/aromatic N) is 1. The first kappa shape index (κ1) is 7.53. The van der Waals surface area contributed by atoms with Crippen molar-refractivity contribution < 1.29 is 5.21 Å². The third kappa shape index (κ3) is 1.98. The van der Waals surface area contributed by atoms with Crippen molar-refractivity contribution in [3.63, 3.8) is 0 Å². The van der Waals surface area contributed by atoms with E-state index in [-0.39, 0.29) is 0 Å². The fourth-order valence-electron chi connectivity index (χ4n) is 0.616. The standard InChI is InChI=1S/C7H6INO/c8-7-3-1-6(2-4-7)5-9-10/h1-5,10H/b9-5-. The van der Waals surface area contributed by atoms with E-state index in [1.54, 1.807) is 0 Å². The van der Waals surface area contributed by atoms with Gasteiger partial charge in [0.2, 0.25) is 0 Å². The fraction of sp³-hybridized carbons (Fsp3) is 0. The Kier molecular flexibility index (Phi) is 2.68. The Balaban J connectivity index is 2.89. The molecule has 10 heavy (non-hydrogen) atoms. The molecule has 1 aromatic rings. The lowest BCUT2D eigenvalue weighted by atomic mass is 10.2. The predicted octanol–water partition coefficient (Wildman–Crippen LogP) is 2.10. The Morgan fingerprint density at radius 1 is 1.30 bits per heavy atom. The molecular weight excluding hydrogens is 241 g/mol. The molecule has 0 amide bonds. The third-order valence-corrected chi connectivity index (χ3v) is 1.80. The maximum absolute atomic E-state index is 8.16. The van der Waals surface area contributed by atoms with Gasteiger partial charge in [-0.05, 0) is 40.3 Å². The summed E-state index contributed by atoms with van der Waals surface area (Å²) in [5.41, 5.74) is 0.905. The lowest BCUT2D eigenvalue weighted by Gasteiger charge is -1.89. The first-order valence-corrected chi connectivity index (χ1v) is 3.84. The zero-order chi connectivity index (χ0) is 7.40. The molecule has 2 nitrogen and oxygen atoms in total. The molecule has 0 unspecified atom stereocenters. The normalized spacial score (nSPS) is 10.5. The molecule has 0 fully saturated rings. The molecule has 0 aliphatic carbocycles. The summed E-state index contributed by atoms with van der Waals surface area (Å²) in [5, 5.41) is 11.1. The molecular formula is C7H6INO. The van der Waals surface area contributed by atoms with Crippen LogP contribution >= 0.6 is 22.6 Å². The van der Waals surface area contributed by atoms with E-state index in [4.69, 9.17) is 5.21 Å². The zero-order valence-corrected chi connectivity index (χ0v) is 7.32. The van der Waals surface area contributed by atoms with Gasteiger partial charge in [-0.25, -0.2) is 0 Å². The van der Waals surface area contributed by atoms with E-state index in [0.717, 1.165) is 5.56 Å². The van der Waals surface area contributed by atoms with Gasteiger partial charge >= 0.3 is 0 Å². The van der Waals surface area contributed by atoms with Crippen molar-refractivity contribution >= 4 is 28.8 Å². The Morgan fingerprint density at radius 2 is 1.90 bits per heavy atom. The maximum atomic E-state index is 8.16. The highest BCUT2D eigenvalue weighted by atomic mass is 127. The van der Waals surface area contributed by atoms with E-state index >= 15 is 0 Å². The molecule has 0 atom stereocenters. The van der Waals surface area contributed by atoms with Crippen LogP contribution in [0.1, 0.15) is 5.56 Å². The Hall–Kier alpha value is -0.580. The minimum Gasteiger partial charge on any atom is -0.411 e. The van der Waals surface area contributed by atoms with Gasteiger partial charge in [0.15, 0.2) is 0 Å². The smallest absolute Gasteiger partial charge is 0.0733 e. The van der Waals surface area contributed by atoms with Crippen LogP contribution < -0.4 is 0 Å². The lowest BCUT2D eigenvalue weighted by molar-refractivity contribution is 0.322. The molecule has 1 aromatic carbocycles. The Bertz CT molecular complexity index is 230. The number of benzene rings is 1. The third-order valence-electron chi connectivity index (χ3n) is 1.08. The molecule has 0 spiro atoms. The van der Waals surface area contributed by atoms with Gasteiger partial charge in [0.05, 0.1) is 6.21 Å². The molecule has 1 N–H and O–H groups in total. The van der Waals surface area contributed by atoms with Crippen LogP contribution in [0.4, 0.5) is 0 Å². The monoisotopic (exact) mass is 247 g/mol. The first-order valence-electron chi connectivity index (χ1n) is 2.76. The van der Waals surface area contributed by atoms with Gasteiger partial charge in [-0.15, -0.1) is 0 Å². The van der Waals surface area contributed by atoms with Crippen molar-refractivity contribution in [1.82, 2.24) is 0 Å². The lowest BCUT2D eigenvalue weighted by Crippen LogP contribution is -1.79. The van der Waals surface area contributed by atoms with Crippen molar-refractivity contribution in [2.75, 3.05) is 0 Å². The van der Waals surface area contributed by atoms with E-state index in [1.807, 2.05) is 24.3 Å². The molecule has 0 saturated carbocycles. The topological polar surface area (TPSA) is 32.6 Å². The van der Waals surface area contributed by atoms with Gasteiger partial charge in [-0.2, -0.15) is 0 Å². The second-order valence-corrected chi connectivity index (χ2v) is 3.04. The Labute approximate surface area is 72.7 Å².